The van der Waals surface area contributed by atoms with Gasteiger partial charge in [0.25, 0.3) is 11.6 Å². The fourth-order valence-corrected chi connectivity index (χ4v) is 2.26. The lowest BCUT2D eigenvalue weighted by molar-refractivity contribution is -0.384. The molecule has 0 aliphatic rings. The number of halogens is 2. The molecule has 23 heavy (non-hydrogen) atoms. The van der Waals surface area contributed by atoms with E-state index in [1.807, 2.05) is 0 Å². The minimum atomic E-state index is -0.568. The maximum Gasteiger partial charge on any atom is 0.271 e. The zero-order valence-electron chi connectivity index (χ0n) is 12.0. The third-order valence-corrected chi connectivity index (χ3v) is 3.45. The Morgan fingerprint density at radius 2 is 2.00 bits per heavy atom. The lowest BCUT2D eigenvalue weighted by Gasteiger charge is -2.12. The standard InChI is InChI=1S/C15H12Cl2N2O4/c1-2-23-14-6-3-9(16)7-11(14)15(20)18-13-5-4-10(19(21)22)8-12(13)17/h3-8H,2H2,1H3,(H,18,20). The molecule has 0 radical (unpaired) electrons. The summed E-state index contributed by atoms with van der Waals surface area (Å²) in [5, 5.41) is 13.7. The predicted octanol–water partition coefficient (Wildman–Crippen LogP) is 4.55. The second-order valence-electron chi connectivity index (χ2n) is 4.45. The summed E-state index contributed by atoms with van der Waals surface area (Å²) in [5.41, 5.74) is 0.337. The highest BCUT2D eigenvalue weighted by Gasteiger charge is 2.16. The number of anilines is 1. The average Bonchev–Trinajstić information content (AvgIpc) is 2.51. The van der Waals surface area contributed by atoms with Gasteiger partial charge in [0.05, 0.1) is 27.8 Å². The smallest absolute Gasteiger partial charge is 0.271 e. The summed E-state index contributed by atoms with van der Waals surface area (Å²) in [6.07, 6.45) is 0. The fourth-order valence-electron chi connectivity index (χ4n) is 1.87. The van der Waals surface area contributed by atoms with Gasteiger partial charge in [-0.1, -0.05) is 23.2 Å². The fraction of sp³-hybridized carbons (Fsp3) is 0.133. The van der Waals surface area contributed by atoms with Crippen LogP contribution in [0.3, 0.4) is 0 Å². The largest absolute Gasteiger partial charge is 0.493 e. The van der Waals surface area contributed by atoms with Crippen molar-refractivity contribution in [2.24, 2.45) is 0 Å². The molecule has 1 amide bonds. The van der Waals surface area contributed by atoms with Crippen molar-refractivity contribution >= 4 is 40.5 Å². The summed E-state index contributed by atoms with van der Waals surface area (Å²) in [4.78, 5) is 22.5. The Balaban J connectivity index is 2.29. The monoisotopic (exact) mass is 354 g/mol. The molecule has 0 heterocycles. The third-order valence-electron chi connectivity index (χ3n) is 2.90. The second kappa shape index (κ2) is 7.30. The minimum Gasteiger partial charge on any atom is -0.493 e. The van der Waals surface area contributed by atoms with Crippen molar-refractivity contribution in [2.75, 3.05) is 11.9 Å². The molecule has 2 rings (SSSR count). The van der Waals surface area contributed by atoms with Gasteiger partial charge >= 0.3 is 0 Å². The van der Waals surface area contributed by atoms with Gasteiger partial charge in [-0.3, -0.25) is 14.9 Å². The first-order valence-electron chi connectivity index (χ1n) is 6.60. The highest BCUT2D eigenvalue weighted by atomic mass is 35.5. The summed E-state index contributed by atoms with van der Waals surface area (Å²) in [6, 6.07) is 8.46. The molecular formula is C15H12Cl2N2O4. The zero-order valence-corrected chi connectivity index (χ0v) is 13.5. The number of amides is 1. The molecule has 0 spiro atoms. The van der Waals surface area contributed by atoms with Crippen LogP contribution in [-0.2, 0) is 0 Å². The number of nitro benzene ring substituents is 1. The first-order chi connectivity index (χ1) is 10.9. The van der Waals surface area contributed by atoms with Gasteiger partial charge < -0.3 is 10.1 Å². The molecule has 0 fully saturated rings. The molecule has 6 nitrogen and oxygen atoms in total. The van der Waals surface area contributed by atoms with Gasteiger partial charge in [0.15, 0.2) is 0 Å². The minimum absolute atomic E-state index is 0.0625. The Morgan fingerprint density at radius 1 is 1.26 bits per heavy atom. The molecule has 2 aromatic rings. The number of benzene rings is 2. The van der Waals surface area contributed by atoms with Crippen molar-refractivity contribution in [3.05, 3.63) is 62.1 Å². The molecule has 0 saturated heterocycles. The van der Waals surface area contributed by atoms with Gasteiger partial charge in [0, 0.05) is 17.2 Å². The highest BCUT2D eigenvalue weighted by Crippen LogP contribution is 2.29. The van der Waals surface area contributed by atoms with E-state index in [4.69, 9.17) is 27.9 Å². The van der Waals surface area contributed by atoms with E-state index in [-0.39, 0.29) is 22.0 Å². The van der Waals surface area contributed by atoms with Crippen LogP contribution in [0, 0.1) is 10.1 Å². The van der Waals surface area contributed by atoms with Crippen molar-refractivity contribution in [1.82, 2.24) is 0 Å². The Labute approximate surface area is 142 Å². The van der Waals surface area contributed by atoms with Crippen LogP contribution in [0.2, 0.25) is 10.0 Å². The summed E-state index contributed by atoms with van der Waals surface area (Å²) < 4.78 is 5.39. The molecule has 0 bridgehead atoms. The molecule has 1 N–H and O–H groups in total. The van der Waals surface area contributed by atoms with Crippen LogP contribution in [0.15, 0.2) is 36.4 Å². The number of hydrogen-bond acceptors (Lipinski definition) is 4. The first-order valence-corrected chi connectivity index (χ1v) is 7.35. The Morgan fingerprint density at radius 3 is 2.61 bits per heavy atom. The normalized spacial score (nSPS) is 10.2. The topological polar surface area (TPSA) is 81.5 Å². The third kappa shape index (κ3) is 4.12. The quantitative estimate of drug-likeness (QED) is 0.630. The summed E-state index contributed by atoms with van der Waals surface area (Å²) in [6.45, 7) is 2.18. The molecule has 0 atom stereocenters. The number of rotatable bonds is 5. The van der Waals surface area contributed by atoms with Crippen LogP contribution < -0.4 is 10.1 Å². The van der Waals surface area contributed by atoms with Crippen LogP contribution in [0.5, 0.6) is 5.75 Å². The van der Waals surface area contributed by atoms with Crippen molar-refractivity contribution in [2.45, 2.75) is 6.92 Å². The van der Waals surface area contributed by atoms with E-state index >= 15 is 0 Å². The molecular weight excluding hydrogens is 343 g/mol. The summed E-state index contributed by atoms with van der Waals surface area (Å²) in [7, 11) is 0. The van der Waals surface area contributed by atoms with E-state index in [1.165, 1.54) is 24.3 Å². The Bertz CT molecular complexity index is 765. The summed E-state index contributed by atoms with van der Waals surface area (Å²) in [5.74, 6) is -0.0980. The van der Waals surface area contributed by atoms with E-state index in [2.05, 4.69) is 5.32 Å². The zero-order chi connectivity index (χ0) is 17.0. The van der Waals surface area contributed by atoms with Crippen LogP contribution in [0.1, 0.15) is 17.3 Å². The van der Waals surface area contributed by atoms with Gasteiger partial charge in [-0.05, 0) is 31.2 Å². The summed E-state index contributed by atoms with van der Waals surface area (Å²) >= 11 is 11.9. The number of nitrogens with one attached hydrogen (secondary N) is 1. The second-order valence-corrected chi connectivity index (χ2v) is 5.29. The van der Waals surface area contributed by atoms with Gasteiger partial charge in [-0.25, -0.2) is 0 Å². The number of nitro groups is 1. The Kier molecular flexibility index (Phi) is 5.41. The molecule has 0 aromatic heterocycles. The van der Waals surface area contributed by atoms with E-state index < -0.39 is 10.8 Å². The van der Waals surface area contributed by atoms with Crippen molar-refractivity contribution < 1.29 is 14.5 Å². The van der Waals surface area contributed by atoms with Crippen molar-refractivity contribution in [3.8, 4) is 5.75 Å². The molecule has 0 aliphatic heterocycles. The van der Waals surface area contributed by atoms with Gasteiger partial charge in [-0.15, -0.1) is 0 Å². The van der Waals surface area contributed by atoms with E-state index in [0.717, 1.165) is 0 Å². The molecule has 8 heteroatoms. The van der Waals surface area contributed by atoms with Crippen LogP contribution >= 0.6 is 23.2 Å². The SMILES string of the molecule is CCOc1ccc(Cl)cc1C(=O)Nc1ccc([N+](=O)[O-])cc1Cl. The average molecular weight is 355 g/mol. The van der Waals surface area contributed by atoms with E-state index in [0.29, 0.717) is 17.4 Å². The number of nitrogens with zero attached hydrogens (tertiary/aromatic N) is 1. The Hall–Kier alpha value is -2.31. The highest BCUT2D eigenvalue weighted by molar-refractivity contribution is 6.34. The molecule has 2 aromatic carbocycles. The van der Waals surface area contributed by atoms with Gasteiger partial charge in [0.2, 0.25) is 0 Å². The van der Waals surface area contributed by atoms with E-state index in [1.54, 1.807) is 19.1 Å². The van der Waals surface area contributed by atoms with Crippen LogP contribution in [-0.4, -0.2) is 17.4 Å². The van der Waals surface area contributed by atoms with Crippen molar-refractivity contribution in [3.63, 3.8) is 0 Å². The van der Waals surface area contributed by atoms with Gasteiger partial charge in [-0.2, -0.15) is 0 Å². The predicted molar refractivity (Wildman–Crippen MR) is 88.7 cm³/mol. The lowest BCUT2D eigenvalue weighted by atomic mass is 10.1. The number of non-ortho nitro benzene ring substituents is 1. The van der Waals surface area contributed by atoms with Crippen LogP contribution in [0.4, 0.5) is 11.4 Å². The molecule has 0 aliphatic carbocycles. The number of carbonyl (C=O) groups excluding carboxylic acids is 1. The molecule has 0 unspecified atom stereocenters. The van der Waals surface area contributed by atoms with Crippen molar-refractivity contribution in [1.29, 1.82) is 0 Å². The molecule has 0 saturated carbocycles. The lowest BCUT2D eigenvalue weighted by Crippen LogP contribution is -2.14. The van der Waals surface area contributed by atoms with E-state index in [9.17, 15) is 14.9 Å². The maximum atomic E-state index is 12.4. The first kappa shape index (κ1) is 17.1. The number of hydrogen-bond donors (Lipinski definition) is 1. The maximum absolute atomic E-state index is 12.4. The number of ether oxygens (including phenoxy) is 1. The molecule has 120 valence electrons. The van der Waals surface area contributed by atoms with Crippen LogP contribution in [0.25, 0.3) is 0 Å². The number of carbonyl (C=O) groups is 1. The van der Waals surface area contributed by atoms with Gasteiger partial charge in [0.1, 0.15) is 5.75 Å².